The number of halogens is 3. The van der Waals surface area contributed by atoms with Crippen molar-refractivity contribution in [2.24, 2.45) is 0 Å². The lowest BCUT2D eigenvalue weighted by molar-refractivity contribution is 0.0171. The summed E-state index contributed by atoms with van der Waals surface area (Å²) in [5.74, 6) is -1.88. The molecule has 0 radical (unpaired) electrons. The zero-order valence-corrected chi connectivity index (χ0v) is 36.0. The molecule has 2 aliphatic heterocycles. The lowest BCUT2D eigenvalue weighted by Crippen LogP contribution is -2.54. The minimum atomic E-state index is -0.603. The predicted molar refractivity (Wildman–Crippen MR) is 228 cm³/mol. The molecule has 0 aliphatic carbocycles. The van der Waals surface area contributed by atoms with Crippen molar-refractivity contribution in [3.05, 3.63) is 119 Å². The van der Waals surface area contributed by atoms with E-state index in [0.717, 1.165) is 13.1 Å². The van der Waals surface area contributed by atoms with E-state index in [9.17, 15) is 32.8 Å². The Morgan fingerprint density at radius 3 is 1.44 bits per heavy atom. The number of nitrogens with zero attached hydrogens (tertiary/aromatic N) is 7. The fourth-order valence-corrected chi connectivity index (χ4v) is 6.27. The maximum absolute atomic E-state index is 14.0. The number of anilines is 2. The highest BCUT2D eigenvalue weighted by Gasteiger charge is 2.31. The van der Waals surface area contributed by atoms with E-state index in [1.54, 1.807) is 77.9 Å². The molecule has 0 atom stereocenters. The summed E-state index contributed by atoms with van der Waals surface area (Å²) < 4.78 is 42.4. The highest BCUT2D eigenvalue weighted by molar-refractivity contribution is 5.93. The Hall–Kier alpha value is -6.40. The molecule has 4 aromatic rings. The molecule has 0 spiro atoms. The number of hydrogen-bond acceptors (Lipinski definition) is 11. The van der Waals surface area contributed by atoms with Crippen LogP contribution in [0.1, 0.15) is 52.9 Å². The molecule has 0 saturated carbocycles. The molecule has 0 bridgehead atoms. The monoisotopic (exact) mass is 880 g/mol. The summed E-state index contributed by atoms with van der Waals surface area (Å²) in [6.45, 7) is 9.48. The maximum Gasteiger partial charge on any atom is 0.410 e. The summed E-state index contributed by atoms with van der Waals surface area (Å²) in [6, 6.07) is 17.5. The molecule has 19 heteroatoms. The second-order valence-electron chi connectivity index (χ2n) is 14.9. The third-order valence-electron chi connectivity index (χ3n) is 9.42. The van der Waals surface area contributed by atoms with Crippen LogP contribution in [-0.4, -0.2) is 127 Å². The Labute approximate surface area is 365 Å². The number of pyridine rings is 2. The second kappa shape index (κ2) is 22.4. The topological polar surface area (TPSA) is 167 Å². The number of piperazine rings is 2. The number of rotatable bonds is 8. The first kappa shape index (κ1) is 48.3. The lowest BCUT2D eigenvalue weighted by Gasteiger charge is -2.38. The van der Waals surface area contributed by atoms with Crippen molar-refractivity contribution < 1.29 is 47.0 Å². The summed E-state index contributed by atoms with van der Waals surface area (Å²) in [4.78, 5) is 78.3. The van der Waals surface area contributed by atoms with Gasteiger partial charge in [-0.15, -0.1) is 12.4 Å². The Bertz CT molecular complexity index is 2150. The van der Waals surface area contributed by atoms with Crippen LogP contribution >= 0.6 is 12.4 Å². The fraction of sp³-hybridized carbons (Fsp3) is 0.372. The quantitative estimate of drug-likeness (QED) is 0.159. The van der Waals surface area contributed by atoms with Gasteiger partial charge in [0.2, 0.25) is 0 Å². The molecule has 4 heterocycles. The molecule has 2 aliphatic rings. The van der Waals surface area contributed by atoms with Gasteiger partial charge in [-0.05, 0) is 81.4 Å². The molecule has 0 unspecified atom stereocenters. The number of aromatic nitrogens is 2. The second-order valence-corrected chi connectivity index (χ2v) is 14.9. The number of ether oxygens (including phenoxy) is 3. The van der Waals surface area contributed by atoms with Crippen LogP contribution in [0.3, 0.4) is 0 Å². The summed E-state index contributed by atoms with van der Waals surface area (Å²) in [6.07, 6.45) is 2.35. The van der Waals surface area contributed by atoms with Crippen LogP contribution in [0, 0.1) is 11.6 Å². The molecule has 2 saturated heterocycles. The van der Waals surface area contributed by atoms with E-state index >= 15 is 0 Å². The number of benzene rings is 2. The van der Waals surface area contributed by atoms with Gasteiger partial charge in [0.05, 0.1) is 49.8 Å². The molecule has 332 valence electrons. The van der Waals surface area contributed by atoms with Crippen LogP contribution in [0.4, 0.5) is 34.5 Å². The van der Waals surface area contributed by atoms with Crippen molar-refractivity contribution in [3.8, 4) is 0 Å². The lowest BCUT2D eigenvalue weighted by atomic mass is 10.2. The van der Waals surface area contributed by atoms with Gasteiger partial charge in [-0.3, -0.25) is 19.8 Å². The minimum absolute atomic E-state index is 0. The summed E-state index contributed by atoms with van der Waals surface area (Å²) in [5, 5.41) is 3.20. The van der Waals surface area contributed by atoms with Gasteiger partial charge >= 0.3 is 30.1 Å². The number of hydrogen-bond donors (Lipinski definition) is 1. The van der Waals surface area contributed by atoms with E-state index in [2.05, 4.69) is 24.8 Å². The average molecular weight is 881 g/mol. The van der Waals surface area contributed by atoms with E-state index in [1.165, 1.54) is 66.7 Å². The van der Waals surface area contributed by atoms with Crippen molar-refractivity contribution in [1.29, 1.82) is 0 Å². The molecule has 5 amide bonds. The first-order valence-electron chi connectivity index (χ1n) is 19.5. The predicted octanol–water partition coefficient (Wildman–Crippen LogP) is 6.15. The van der Waals surface area contributed by atoms with Crippen molar-refractivity contribution >= 4 is 53.9 Å². The number of esters is 2. The van der Waals surface area contributed by atoms with Gasteiger partial charge in [-0.1, -0.05) is 12.1 Å². The fourth-order valence-electron chi connectivity index (χ4n) is 6.27. The Morgan fingerprint density at radius 2 is 1.06 bits per heavy atom. The number of nitrogens with one attached hydrogen (secondary N) is 1. The highest BCUT2D eigenvalue weighted by Crippen LogP contribution is 2.23. The minimum Gasteiger partial charge on any atom is -0.465 e. The molecular formula is C43H51ClF2N8O8. The van der Waals surface area contributed by atoms with E-state index in [4.69, 9.17) is 4.74 Å². The number of carbonyl (C=O) groups excluding carboxylic acids is 5. The van der Waals surface area contributed by atoms with E-state index in [0.29, 0.717) is 67.6 Å². The summed E-state index contributed by atoms with van der Waals surface area (Å²) in [7, 11) is 2.58. The SMILES string of the molecule is COC(=O)c1ccc(CN(C(=O)N2CCN(C(=O)OC(C)(C)C)CC2)c2cccc(F)c2)nc1.COC(=O)c1ccc(CN(C(=O)N2CCNCC2)c2cccc(F)c2)nc1.Cl. The van der Waals surface area contributed by atoms with E-state index in [1.807, 2.05) is 0 Å². The smallest absolute Gasteiger partial charge is 0.410 e. The third-order valence-corrected chi connectivity index (χ3v) is 9.42. The van der Waals surface area contributed by atoms with Crippen LogP contribution in [0.15, 0.2) is 85.2 Å². The zero-order chi connectivity index (χ0) is 44.1. The van der Waals surface area contributed by atoms with Crippen LogP contribution in [0.5, 0.6) is 0 Å². The molecular weight excluding hydrogens is 830 g/mol. The highest BCUT2D eigenvalue weighted by atomic mass is 35.5. The molecule has 2 aromatic heterocycles. The van der Waals surface area contributed by atoms with Crippen molar-refractivity contribution in [1.82, 2.24) is 30.0 Å². The maximum atomic E-state index is 14.0. The zero-order valence-electron chi connectivity index (χ0n) is 35.2. The van der Waals surface area contributed by atoms with Crippen molar-refractivity contribution in [2.75, 3.05) is 76.4 Å². The number of amides is 5. The number of methoxy groups -OCH3 is 2. The Balaban J connectivity index is 0.000000275. The third kappa shape index (κ3) is 13.6. The largest absolute Gasteiger partial charge is 0.465 e. The Morgan fingerprint density at radius 1 is 0.645 bits per heavy atom. The molecule has 6 rings (SSSR count). The first-order valence-corrected chi connectivity index (χ1v) is 19.5. The Kier molecular flexibility index (Phi) is 17.5. The average Bonchev–Trinajstić information content (AvgIpc) is 3.26. The van der Waals surface area contributed by atoms with E-state index in [-0.39, 0.29) is 43.1 Å². The van der Waals surface area contributed by atoms with Gasteiger partial charge in [-0.2, -0.15) is 0 Å². The molecule has 2 aromatic carbocycles. The van der Waals surface area contributed by atoms with Gasteiger partial charge in [0.15, 0.2) is 0 Å². The standard InChI is InChI=1S/C24H29FN4O5.C19H21FN4O3.ClH/c1-24(2,3)34-23(32)28-12-10-27(11-13-28)22(31)29(20-7-5-6-18(25)14-20)16-19-9-8-17(15-26-19)21(30)33-4;1-27-18(25)14-5-6-16(22-12-14)13-24(17-4-2-3-15(20)11-17)19(26)23-9-7-21-8-10-23;/h5-9,14-15H,10-13,16H2,1-4H3;2-6,11-12,21H,7-10,13H2,1H3;1H. The van der Waals surface area contributed by atoms with Crippen LogP contribution in [-0.2, 0) is 27.3 Å². The summed E-state index contributed by atoms with van der Waals surface area (Å²) >= 11 is 0. The molecule has 2 fully saturated rings. The number of urea groups is 2. The van der Waals surface area contributed by atoms with Crippen molar-refractivity contribution in [3.63, 3.8) is 0 Å². The van der Waals surface area contributed by atoms with Gasteiger partial charge in [0, 0.05) is 76.1 Å². The van der Waals surface area contributed by atoms with Gasteiger partial charge in [-0.25, -0.2) is 32.8 Å². The number of carbonyl (C=O) groups is 5. The first-order chi connectivity index (χ1) is 29.1. The van der Waals surface area contributed by atoms with Gasteiger partial charge in [0.25, 0.3) is 0 Å². The normalized spacial score (nSPS) is 13.7. The molecule has 16 nitrogen and oxygen atoms in total. The molecule has 62 heavy (non-hydrogen) atoms. The van der Waals surface area contributed by atoms with Crippen molar-refractivity contribution in [2.45, 2.75) is 39.5 Å². The van der Waals surface area contributed by atoms with Crippen LogP contribution in [0.25, 0.3) is 0 Å². The van der Waals surface area contributed by atoms with Crippen LogP contribution < -0.4 is 15.1 Å². The van der Waals surface area contributed by atoms with Gasteiger partial charge < -0.3 is 34.2 Å². The van der Waals surface area contributed by atoms with E-state index < -0.39 is 35.3 Å². The van der Waals surface area contributed by atoms with Crippen LogP contribution in [0.2, 0.25) is 0 Å². The summed E-state index contributed by atoms with van der Waals surface area (Å²) in [5.41, 5.74) is 1.93. The molecule has 1 N–H and O–H groups in total. The van der Waals surface area contributed by atoms with Gasteiger partial charge in [0.1, 0.15) is 17.2 Å².